The van der Waals surface area contributed by atoms with Crippen LogP contribution in [0.1, 0.15) is 18.4 Å². The van der Waals surface area contributed by atoms with Gasteiger partial charge < -0.3 is 10.5 Å². The van der Waals surface area contributed by atoms with E-state index in [0.29, 0.717) is 22.9 Å². The fraction of sp³-hybridized carbons (Fsp3) is 0.294. The van der Waals surface area contributed by atoms with Gasteiger partial charge in [0.15, 0.2) is 0 Å². The molecule has 2 fully saturated rings. The van der Waals surface area contributed by atoms with E-state index in [-0.39, 0.29) is 6.54 Å². The quantitative estimate of drug-likeness (QED) is 0.324. The number of hydrogen-bond donors (Lipinski definition) is 3. The Morgan fingerprint density at radius 2 is 2.17 bits per heavy atom. The number of anilines is 2. The van der Waals surface area contributed by atoms with E-state index in [9.17, 15) is 9.59 Å². The summed E-state index contributed by atoms with van der Waals surface area (Å²) >= 11 is 0. The average Bonchev–Trinajstić information content (AvgIpc) is 3.32. The van der Waals surface area contributed by atoms with E-state index in [2.05, 4.69) is 23.7 Å². The molecule has 2 amide bonds. The Bertz CT molecular complexity index is 809. The first kappa shape index (κ1) is 15.7. The molecule has 0 aromatic heterocycles. The van der Waals surface area contributed by atoms with Crippen molar-refractivity contribution in [2.24, 2.45) is 5.92 Å². The third-order valence-corrected chi connectivity index (χ3v) is 3.67. The Kier molecular flexibility index (Phi) is 4.28. The van der Waals surface area contributed by atoms with Crippen molar-refractivity contribution < 1.29 is 19.5 Å². The highest BCUT2D eigenvalue weighted by atomic mass is 16.6. The number of amides is 2. The van der Waals surface area contributed by atoms with Crippen molar-refractivity contribution in [1.29, 1.82) is 0 Å². The molecule has 0 spiro atoms. The Hall–Kier alpha value is -3.16. The van der Waals surface area contributed by atoms with Crippen LogP contribution in [0.2, 0.25) is 0 Å². The summed E-state index contributed by atoms with van der Waals surface area (Å²) in [5.74, 6) is 11.2. The Labute approximate surface area is 138 Å². The molecule has 7 nitrogen and oxygen atoms in total. The van der Waals surface area contributed by atoms with Crippen LogP contribution in [0.5, 0.6) is 0 Å². The minimum absolute atomic E-state index is 0.0114. The van der Waals surface area contributed by atoms with Gasteiger partial charge in [-0.2, -0.15) is 0 Å². The van der Waals surface area contributed by atoms with Crippen LogP contribution in [0.25, 0.3) is 0 Å². The number of nitrogens with one attached hydrogen (secondary N) is 1. The van der Waals surface area contributed by atoms with Gasteiger partial charge in [0.2, 0.25) is 6.10 Å². The van der Waals surface area contributed by atoms with Crippen LogP contribution in [-0.2, 0) is 9.53 Å². The van der Waals surface area contributed by atoms with Crippen LogP contribution >= 0.6 is 0 Å². The van der Waals surface area contributed by atoms with E-state index < -0.39 is 18.1 Å². The second kappa shape index (κ2) is 6.53. The van der Waals surface area contributed by atoms with E-state index >= 15 is 0 Å². The molecule has 1 saturated heterocycles. The molecule has 3 rings (SSSR count). The van der Waals surface area contributed by atoms with Gasteiger partial charge in [0.1, 0.15) is 0 Å². The largest absolute Gasteiger partial charge is 0.434 e. The van der Waals surface area contributed by atoms with Gasteiger partial charge in [-0.25, -0.2) is 10.3 Å². The van der Waals surface area contributed by atoms with E-state index in [0.717, 1.165) is 12.8 Å². The van der Waals surface area contributed by atoms with Crippen molar-refractivity contribution in [2.45, 2.75) is 18.9 Å². The predicted molar refractivity (Wildman–Crippen MR) is 85.8 cm³/mol. The molecular weight excluding hydrogens is 310 g/mol. The molecule has 0 unspecified atom stereocenters. The first-order valence-corrected chi connectivity index (χ1v) is 7.41. The molecule has 1 atom stereocenters. The third-order valence-electron chi connectivity index (χ3n) is 3.67. The maximum Gasteiger partial charge on any atom is 0.415 e. The van der Waals surface area contributed by atoms with E-state index in [4.69, 9.17) is 15.7 Å². The number of rotatable bonds is 2. The summed E-state index contributed by atoms with van der Waals surface area (Å²) in [5.41, 5.74) is 8.92. The molecule has 2 aliphatic rings. The molecule has 1 aromatic carbocycles. The van der Waals surface area contributed by atoms with Gasteiger partial charge in [-0.3, -0.25) is 14.9 Å². The molecular formula is C17H15N3O4. The SMILES string of the molecule is Nc1cc(N2C[C@@H](C(=O)NO)OC2=O)ccc1C#CC#CC1CC1. The molecule has 122 valence electrons. The zero-order chi connectivity index (χ0) is 17.1. The minimum atomic E-state index is -1.07. The fourth-order valence-electron chi connectivity index (χ4n) is 2.18. The average molecular weight is 325 g/mol. The van der Waals surface area contributed by atoms with Crippen LogP contribution in [0.3, 0.4) is 0 Å². The smallest absolute Gasteiger partial charge is 0.415 e. The van der Waals surface area contributed by atoms with Gasteiger partial charge >= 0.3 is 6.09 Å². The lowest BCUT2D eigenvalue weighted by molar-refractivity contribution is -0.136. The second-order valence-electron chi connectivity index (χ2n) is 5.52. The highest BCUT2D eigenvalue weighted by Crippen LogP contribution is 2.27. The number of hydrogen-bond acceptors (Lipinski definition) is 5. The van der Waals surface area contributed by atoms with E-state index in [1.807, 2.05) is 0 Å². The lowest BCUT2D eigenvalue weighted by atomic mass is 10.1. The van der Waals surface area contributed by atoms with Crippen molar-refractivity contribution in [2.75, 3.05) is 17.2 Å². The third kappa shape index (κ3) is 3.43. The number of hydroxylamine groups is 1. The Morgan fingerprint density at radius 1 is 1.38 bits per heavy atom. The number of cyclic esters (lactones) is 1. The molecule has 1 heterocycles. The molecule has 1 saturated carbocycles. The molecule has 0 radical (unpaired) electrons. The summed E-state index contributed by atoms with van der Waals surface area (Å²) in [6.45, 7) is -0.0114. The molecule has 1 aromatic rings. The summed E-state index contributed by atoms with van der Waals surface area (Å²) in [6.07, 6.45) is 0.539. The van der Waals surface area contributed by atoms with Crippen LogP contribution in [-0.4, -0.2) is 29.9 Å². The number of carbonyl (C=O) groups is 2. The fourth-order valence-corrected chi connectivity index (χ4v) is 2.18. The van der Waals surface area contributed by atoms with Crippen LogP contribution < -0.4 is 16.1 Å². The van der Waals surface area contributed by atoms with Crippen LogP contribution in [0.4, 0.5) is 16.2 Å². The highest BCUT2D eigenvalue weighted by Gasteiger charge is 2.37. The molecule has 1 aliphatic heterocycles. The van der Waals surface area contributed by atoms with Gasteiger partial charge in [-0.15, -0.1) is 0 Å². The maximum absolute atomic E-state index is 11.8. The summed E-state index contributed by atoms with van der Waals surface area (Å²) < 4.78 is 4.89. The highest BCUT2D eigenvalue weighted by molar-refractivity contribution is 5.95. The van der Waals surface area contributed by atoms with Gasteiger partial charge in [0.05, 0.1) is 6.54 Å². The summed E-state index contributed by atoms with van der Waals surface area (Å²) in [6, 6.07) is 4.93. The lowest BCUT2D eigenvalue weighted by Gasteiger charge is -2.13. The van der Waals surface area contributed by atoms with Crippen LogP contribution in [0, 0.1) is 29.6 Å². The first-order chi connectivity index (χ1) is 11.6. The molecule has 7 heteroatoms. The molecule has 24 heavy (non-hydrogen) atoms. The first-order valence-electron chi connectivity index (χ1n) is 7.41. The van der Waals surface area contributed by atoms with Gasteiger partial charge in [0, 0.05) is 22.9 Å². The number of carbonyl (C=O) groups excluding carboxylic acids is 2. The minimum Gasteiger partial charge on any atom is -0.434 e. The standard InChI is InChI=1S/C17H15N3O4/c18-14-9-13(20-10-15(16(21)19-23)24-17(20)22)8-7-12(14)4-2-1-3-11-5-6-11/h7-9,11,15,23H,5-6,10,18H2,(H,19,21)/t15-/m0/s1. The van der Waals surface area contributed by atoms with E-state index in [1.165, 1.54) is 10.4 Å². The van der Waals surface area contributed by atoms with Gasteiger partial charge in [-0.1, -0.05) is 11.8 Å². The van der Waals surface area contributed by atoms with Gasteiger partial charge in [-0.05, 0) is 42.9 Å². The monoisotopic (exact) mass is 325 g/mol. The second-order valence-corrected chi connectivity index (χ2v) is 5.52. The number of ether oxygens (including phenoxy) is 1. The molecule has 1 aliphatic carbocycles. The number of nitrogen functional groups attached to an aromatic ring is 1. The van der Waals surface area contributed by atoms with Crippen molar-refractivity contribution >= 4 is 23.4 Å². The zero-order valence-electron chi connectivity index (χ0n) is 12.7. The van der Waals surface area contributed by atoms with Crippen LogP contribution in [0.15, 0.2) is 18.2 Å². The predicted octanol–water partition coefficient (Wildman–Crippen LogP) is 0.864. The lowest BCUT2D eigenvalue weighted by Crippen LogP contribution is -2.35. The molecule has 0 bridgehead atoms. The summed E-state index contributed by atoms with van der Waals surface area (Å²) in [4.78, 5) is 24.4. The normalized spacial score (nSPS) is 18.8. The number of nitrogens with zero attached hydrogens (tertiary/aromatic N) is 1. The number of nitrogens with two attached hydrogens (primary N) is 1. The Morgan fingerprint density at radius 3 is 2.83 bits per heavy atom. The van der Waals surface area contributed by atoms with Gasteiger partial charge in [0.25, 0.3) is 5.91 Å². The molecule has 4 N–H and O–H groups in total. The summed E-state index contributed by atoms with van der Waals surface area (Å²) in [5, 5.41) is 8.60. The zero-order valence-corrected chi connectivity index (χ0v) is 12.7. The van der Waals surface area contributed by atoms with Crippen molar-refractivity contribution in [1.82, 2.24) is 5.48 Å². The number of benzene rings is 1. The summed E-state index contributed by atoms with van der Waals surface area (Å²) in [7, 11) is 0. The van der Waals surface area contributed by atoms with Crippen molar-refractivity contribution in [3.63, 3.8) is 0 Å². The van der Waals surface area contributed by atoms with Crippen molar-refractivity contribution in [3.8, 4) is 23.7 Å². The maximum atomic E-state index is 11.8. The topological polar surface area (TPSA) is 105 Å². The Balaban J connectivity index is 1.73. The van der Waals surface area contributed by atoms with Crippen molar-refractivity contribution in [3.05, 3.63) is 23.8 Å². The van der Waals surface area contributed by atoms with E-state index in [1.54, 1.807) is 18.2 Å².